The normalized spacial score (nSPS) is 22.1. The van der Waals surface area contributed by atoms with Gasteiger partial charge in [-0.05, 0) is 38.2 Å². The molecule has 1 N–H and O–H groups in total. The predicted molar refractivity (Wildman–Crippen MR) is 96.6 cm³/mol. The maximum Gasteiger partial charge on any atom is 0.234 e. The number of piperidine rings is 1. The summed E-state index contributed by atoms with van der Waals surface area (Å²) in [5.41, 5.74) is 1.07. The van der Waals surface area contributed by atoms with Gasteiger partial charge in [-0.3, -0.25) is 9.69 Å². The highest BCUT2D eigenvalue weighted by atomic mass is 16.5. The average Bonchev–Trinajstić information content (AvgIpc) is 3.14. The molecular weight excluding hydrogens is 318 g/mol. The second-order valence-electron chi connectivity index (χ2n) is 7.12. The highest BCUT2D eigenvalue weighted by Gasteiger charge is 2.25. The van der Waals surface area contributed by atoms with Crippen LogP contribution < -0.4 is 10.2 Å². The van der Waals surface area contributed by atoms with Crippen LogP contribution in [-0.2, 0) is 9.53 Å². The molecule has 3 rings (SSSR count). The van der Waals surface area contributed by atoms with Crippen LogP contribution in [0, 0.1) is 6.92 Å². The molecule has 7 nitrogen and oxygen atoms in total. The van der Waals surface area contributed by atoms with Gasteiger partial charge in [-0.15, -0.1) is 0 Å². The fourth-order valence-corrected chi connectivity index (χ4v) is 3.49. The number of nitrogens with zero attached hydrogens (tertiary/aromatic N) is 4. The summed E-state index contributed by atoms with van der Waals surface area (Å²) in [6.45, 7) is 5.79. The minimum absolute atomic E-state index is 0.101. The Labute approximate surface area is 149 Å². The van der Waals surface area contributed by atoms with Crippen molar-refractivity contribution in [3.63, 3.8) is 0 Å². The zero-order chi connectivity index (χ0) is 17.6. The molecule has 25 heavy (non-hydrogen) atoms. The second kappa shape index (κ2) is 8.58. The molecule has 1 atom stereocenters. The van der Waals surface area contributed by atoms with Gasteiger partial charge in [0.25, 0.3) is 0 Å². The molecule has 0 spiro atoms. The third-order valence-corrected chi connectivity index (χ3v) is 5.11. The number of aromatic nitrogens is 2. The van der Waals surface area contributed by atoms with E-state index < -0.39 is 0 Å². The molecule has 0 aliphatic carbocycles. The quantitative estimate of drug-likeness (QED) is 0.827. The van der Waals surface area contributed by atoms with Crippen LogP contribution in [0.25, 0.3) is 0 Å². The summed E-state index contributed by atoms with van der Waals surface area (Å²) in [5.74, 6) is 0.877. The van der Waals surface area contributed by atoms with E-state index in [-0.39, 0.29) is 12.0 Å². The smallest absolute Gasteiger partial charge is 0.234 e. The zero-order valence-electron chi connectivity index (χ0n) is 15.3. The molecule has 1 unspecified atom stereocenters. The summed E-state index contributed by atoms with van der Waals surface area (Å²) in [5, 5.41) is 3.00. The number of likely N-dealkylation sites (tertiary alicyclic amines) is 1. The highest BCUT2D eigenvalue weighted by Crippen LogP contribution is 2.19. The molecule has 2 saturated heterocycles. The van der Waals surface area contributed by atoms with Crippen molar-refractivity contribution in [3.05, 3.63) is 18.0 Å². The van der Waals surface area contributed by atoms with Crippen LogP contribution in [-0.4, -0.2) is 72.8 Å². The van der Waals surface area contributed by atoms with Gasteiger partial charge in [0, 0.05) is 51.7 Å². The fraction of sp³-hybridized carbons (Fsp3) is 0.722. The number of rotatable bonds is 6. The molecule has 138 valence electrons. The van der Waals surface area contributed by atoms with Crippen molar-refractivity contribution in [2.75, 3.05) is 44.7 Å². The minimum Gasteiger partial charge on any atom is -0.376 e. The Morgan fingerprint density at radius 3 is 2.68 bits per heavy atom. The number of hydrogen-bond donors (Lipinski definition) is 1. The maximum absolute atomic E-state index is 12.1. The van der Waals surface area contributed by atoms with Gasteiger partial charge in [0.15, 0.2) is 0 Å². The summed E-state index contributed by atoms with van der Waals surface area (Å²) >= 11 is 0. The van der Waals surface area contributed by atoms with Crippen molar-refractivity contribution >= 4 is 11.9 Å². The van der Waals surface area contributed by atoms with Crippen LogP contribution in [0.4, 0.5) is 5.95 Å². The summed E-state index contributed by atoms with van der Waals surface area (Å²) < 4.78 is 5.54. The Morgan fingerprint density at radius 1 is 1.32 bits per heavy atom. The van der Waals surface area contributed by atoms with E-state index >= 15 is 0 Å². The fourth-order valence-electron chi connectivity index (χ4n) is 3.49. The molecule has 0 radical (unpaired) electrons. The van der Waals surface area contributed by atoms with E-state index in [2.05, 4.69) is 32.1 Å². The number of hydrogen-bond acceptors (Lipinski definition) is 6. The monoisotopic (exact) mass is 347 g/mol. The molecule has 1 aromatic heterocycles. The third kappa shape index (κ3) is 5.12. The van der Waals surface area contributed by atoms with Crippen LogP contribution >= 0.6 is 0 Å². The Bertz CT molecular complexity index is 551. The zero-order valence-corrected chi connectivity index (χ0v) is 15.3. The summed E-state index contributed by atoms with van der Waals surface area (Å²) in [6.07, 6.45) is 8.11. The van der Waals surface area contributed by atoms with Crippen LogP contribution in [0.5, 0.6) is 0 Å². The molecule has 2 fully saturated rings. The van der Waals surface area contributed by atoms with E-state index in [0.717, 1.165) is 56.9 Å². The molecule has 2 aliphatic rings. The summed E-state index contributed by atoms with van der Waals surface area (Å²) in [6, 6.07) is 0.425. The number of nitrogens with one attached hydrogen (secondary N) is 1. The lowest BCUT2D eigenvalue weighted by Gasteiger charge is -2.36. The second-order valence-corrected chi connectivity index (χ2v) is 7.12. The Kier molecular flexibility index (Phi) is 6.20. The molecule has 0 saturated carbocycles. The van der Waals surface area contributed by atoms with E-state index in [4.69, 9.17) is 4.74 Å². The summed E-state index contributed by atoms with van der Waals surface area (Å²) in [7, 11) is 2.05. The topological polar surface area (TPSA) is 70.6 Å². The molecule has 0 bridgehead atoms. The Balaban J connectivity index is 1.39. The van der Waals surface area contributed by atoms with Crippen LogP contribution in [0.3, 0.4) is 0 Å². The van der Waals surface area contributed by atoms with Crippen molar-refractivity contribution in [1.29, 1.82) is 0 Å². The predicted octanol–water partition coefficient (Wildman–Crippen LogP) is 0.981. The molecule has 0 aromatic carbocycles. The van der Waals surface area contributed by atoms with Crippen LogP contribution in [0.15, 0.2) is 12.4 Å². The first kappa shape index (κ1) is 18.1. The number of carbonyl (C=O) groups excluding carboxylic acids is 1. The van der Waals surface area contributed by atoms with Gasteiger partial charge in [0.1, 0.15) is 0 Å². The van der Waals surface area contributed by atoms with Gasteiger partial charge in [0.2, 0.25) is 11.9 Å². The van der Waals surface area contributed by atoms with Gasteiger partial charge < -0.3 is 15.0 Å². The molecular formula is C18H29N5O2. The van der Waals surface area contributed by atoms with Crippen molar-refractivity contribution in [3.8, 4) is 0 Å². The average molecular weight is 347 g/mol. The van der Waals surface area contributed by atoms with Crippen LogP contribution in [0.1, 0.15) is 31.2 Å². The van der Waals surface area contributed by atoms with Gasteiger partial charge in [-0.25, -0.2) is 9.97 Å². The van der Waals surface area contributed by atoms with E-state index in [1.165, 1.54) is 0 Å². The van der Waals surface area contributed by atoms with Gasteiger partial charge in [0.05, 0.1) is 12.6 Å². The van der Waals surface area contributed by atoms with E-state index in [1.807, 2.05) is 19.3 Å². The van der Waals surface area contributed by atoms with E-state index in [1.54, 1.807) is 0 Å². The molecule has 1 amide bonds. The molecule has 7 heteroatoms. The Morgan fingerprint density at radius 2 is 2.04 bits per heavy atom. The van der Waals surface area contributed by atoms with Gasteiger partial charge in [-0.1, -0.05) is 0 Å². The van der Waals surface area contributed by atoms with Crippen molar-refractivity contribution < 1.29 is 9.53 Å². The number of carbonyl (C=O) groups is 1. The Hall–Kier alpha value is -1.73. The minimum atomic E-state index is 0.101. The van der Waals surface area contributed by atoms with Crippen LogP contribution in [0.2, 0.25) is 0 Å². The lowest BCUT2D eigenvalue weighted by atomic mass is 10.0. The number of aryl methyl sites for hydroxylation is 1. The summed E-state index contributed by atoms with van der Waals surface area (Å²) in [4.78, 5) is 25.3. The number of anilines is 1. The lowest BCUT2D eigenvalue weighted by Crippen LogP contribution is -2.47. The standard InChI is InChI=1S/C18H29N5O2/c1-14-10-20-18(21-11-14)22(2)15-5-7-23(8-6-15)13-17(24)19-12-16-4-3-9-25-16/h10-11,15-16H,3-9,12-13H2,1-2H3,(H,19,24). The van der Waals surface area contributed by atoms with Gasteiger partial charge in [-0.2, -0.15) is 0 Å². The number of amides is 1. The first-order valence-corrected chi connectivity index (χ1v) is 9.24. The highest BCUT2D eigenvalue weighted by molar-refractivity contribution is 5.78. The molecule has 3 heterocycles. The maximum atomic E-state index is 12.1. The van der Waals surface area contributed by atoms with Gasteiger partial charge >= 0.3 is 0 Å². The largest absolute Gasteiger partial charge is 0.376 e. The van der Waals surface area contributed by atoms with E-state index in [9.17, 15) is 4.79 Å². The van der Waals surface area contributed by atoms with Crippen molar-refractivity contribution in [2.45, 2.75) is 44.8 Å². The van der Waals surface area contributed by atoms with Crippen molar-refractivity contribution in [1.82, 2.24) is 20.2 Å². The van der Waals surface area contributed by atoms with Crippen molar-refractivity contribution in [2.24, 2.45) is 0 Å². The van der Waals surface area contributed by atoms with E-state index in [0.29, 0.717) is 19.1 Å². The lowest BCUT2D eigenvalue weighted by molar-refractivity contribution is -0.123. The molecule has 1 aromatic rings. The third-order valence-electron chi connectivity index (χ3n) is 5.11. The number of ether oxygens (including phenoxy) is 1. The SMILES string of the molecule is Cc1cnc(N(C)C2CCN(CC(=O)NCC3CCCO3)CC2)nc1. The first-order valence-electron chi connectivity index (χ1n) is 9.24. The first-order chi connectivity index (χ1) is 12.1. The molecule has 2 aliphatic heterocycles.